The SMILES string of the molecule is NCCCNCc1ccc(N2C=C3C=C(S(=O)(=O)N(Cc4ccc(Cl)c(Cl)c4)C4CCNCC4)NC3NC2=O)cc1. The second-order valence-corrected chi connectivity index (χ2v) is 13.0. The third kappa shape index (κ3) is 6.89. The van der Waals surface area contributed by atoms with Crippen molar-refractivity contribution in [2.45, 2.75) is 44.6 Å². The first-order chi connectivity index (χ1) is 19.8. The van der Waals surface area contributed by atoms with Gasteiger partial charge in [0.1, 0.15) is 11.2 Å². The number of nitrogens with two attached hydrogens (primary N) is 1. The molecule has 41 heavy (non-hydrogen) atoms. The van der Waals surface area contributed by atoms with Crippen molar-refractivity contribution >= 4 is 44.9 Å². The highest BCUT2D eigenvalue weighted by molar-refractivity contribution is 7.93. The first-order valence-corrected chi connectivity index (χ1v) is 15.9. The number of anilines is 1. The van der Waals surface area contributed by atoms with Gasteiger partial charge in [-0.3, -0.25) is 4.90 Å². The van der Waals surface area contributed by atoms with Crippen molar-refractivity contribution in [2.75, 3.05) is 31.1 Å². The van der Waals surface area contributed by atoms with Crippen LogP contribution in [0.2, 0.25) is 10.0 Å². The van der Waals surface area contributed by atoms with E-state index >= 15 is 0 Å². The molecular weight excluding hydrogens is 585 g/mol. The second kappa shape index (κ2) is 13.1. The molecule has 0 spiro atoms. The van der Waals surface area contributed by atoms with E-state index in [4.69, 9.17) is 28.9 Å². The molecular formula is C28H35Cl2N7O3S. The third-order valence-electron chi connectivity index (χ3n) is 7.41. The molecule has 2 aromatic rings. The quantitative estimate of drug-likeness (QED) is 0.244. The van der Waals surface area contributed by atoms with Gasteiger partial charge in [0.15, 0.2) is 0 Å². The zero-order valence-electron chi connectivity index (χ0n) is 22.6. The number of halogens is 2. The van der Waals surface area contributed by atoms with Crippen LogP contribution in [0.25, 0.3) is 0 Å². The minimum absolute atomic E-state index is 0.0494. The molecule has 3 aliphatic rings. The van der Waals surface area contributed by atoms with Gasteiger partial charge in [-0.25, -0.2) is 13.2 Å². The number of urea groups is 1. The molecule has 2 aromatic carbocycles. The summed E-state index contributed by atoms with van der Waals surface area (Å²) in [4.78, 5) is 14.5. The van der Waals surface area contributed by atoms with Crippen LogP contribution in [-0.2, 0) is 23.1 Å². The Morgan fingerprint density at radius 1 is 1.02 bits per heavy atom. The lowest BCUT2D eigenvalue weighted by molar-refractivity contribution is 0.243. The van der Waals surface area contributed by atoms with Crippen molar-refractivity contribution in [3.63, 3.8) is 0 Å². The molecule has 1 saturated heterocycles. The van der Waals surface area contributed by atoms with Crippen LogP contribution >= 0.6 is 23.2 Å². The predicted molar refractivity (Wildman–Crippen MR) is 163 cm³/mol. The molecule has 0 saturated carbocycles. The molecule has 220 valence electrons. The highest BCUT2D eigenvalue weighted by atomic mass is 35.5. The lowest BCUT2D eigenvalue weighted by Crippen LogP contribution is -2.53. The summed E-state index contributed by atoms with van der Waals surface area (Å²) in [5, 5.41) is 13.4. The molecule has 1 fully saturated rings. The molecule has 0 aliphatic carbocycles. The standard InChI is InChI=1S/C28H35Cl2N7O3S/c29-24-7-4-20(14-25(24)30)17-37(23-8-12-32-13-9-23)41(39,40)26-15-21-18-36(28(38)35-27(21)34-26)22-5-2-19(3-6-22)16-33-11-1-10-31/h2-7,14-15,18,23,27,32-34H,1,8-13,16-17,31H2,(H,35,38). The molecule has 3 heterocycles. The fourth-order valence-electron chi connectivity index (χ4n) is 5.16. The van der Waals surface area contributed by atoms with Crippen molar-refractivity contribution < 1.29 is 13.2 Å². The summed E-state index contributed by atoms with van der Waals surface area (Å²) < 4.78 is 29.7. The van der Waals surface area contributed by atoms with E-state index in [1.165, 1.54) is 9.21 Å². The minimum Gasteiger partial charge on any atom is -0.351 e. The number of fused-ring (bicyclic) bond motifs is 1. The average molecular weight is 621 g/mol. The number of benzene rings is 2. The minimum atomic E-state index is -3.94. The lowest BCUT2D eigenvalue weighted by atomic mass is 10.1. The maximum Gasteiger partial charge on any atom is 0.327 e. The second-order valence-electron chi connectivity index (χ2n) is 10.3. The molecule has 0 bridgehead atoms. The van der Waals surface area contributed by atoms with Crippen molar-refractivity contribution in [1.82, 2.24) is 25.6 Å². The van der Waals surface area contributed by atoms with Crippen molar-refractivity contribution in [1.29, 1.82) is 0 Å². The fraction of sp³-hybridized carbons (Fsp3) is 0.393. The Balaban J connectivity index is 1.37. The van der Waals surface area contributed by atoms with Crippen LogP contribution in [0.4, 0.5) is 10.5 Å². The molecule has 6 N–H and O–H groups in total. The van der Waals surface area contributed by atoms with Gasteiger partial charge in [-0.2, -0.15) is 4.31 Å². The molecule has 5 rings (SSSR count). The number of rotatable bonds is 11. The number of nitrogens with one attached hydrogen (secondary N) is 4. The molecule has 3 aliphatic heterocycles. The van der Waals surface area contributed by atoms with Gasteiger partial charge in [0, 0.05) is 30.9 Å². The number of carbonyl (C=O) groups excluding carboxylic acids is 1. The molecule has 13 heteroatoms. The Bertz CT molecular complexity index is 1430. The summed E-state index contributed by atoms with van der Waals surface area (Å²) in [6.45, 7) is 3.80. The highest BCUT2D eigenvalue weighted by Crippen LogP contribution is 2.31. The number of hydrogen-bond acceptors (Lipinski definition) is 7. The van der Waals surface area contributed by atoms with Gasteiger partial charge in [-0.05, 0) is 86.9 Å². The van der Waals surface area contributed by atoms with Crippen LogP contribution < -0.4 is 31.9 Å². The molecule has 0 aromatic heterocycles. The summed E-state index contributed by atoms with van der Waals surface area (Å²) in [6, 6.07) is 12.3. The van der Waals surface area contributed by atoms with E-state index in [0.29, 0.717) is 47.2 Å². The van der Waals surface area contributed by atoms with E-state index in [0.717, 1.165) is 37.2 Å². The van der Waals surface area contributed by atoms with Crippen LogP contribution in [0.5, 0.6) is 0 Å². The average Bonchev–Trinajstić information content (AvgIpc) is 3.40. The Morgan fingerprint density at radius 3 is 2.46 bits per heavy atom. The summed E-state index contributed by atoms with van der Waals surface area (Å²) in [7, 11) is -3.94. The van der Waals surface area contributed by atoms with Gasteiger partial charge in [0.2, 0.25) is 0 Å². The molecule has 10 nitrogen and oxygen atoms in total. The number of hydrogen-bond donors (Lipinski definition) is 5. The highest BCUT2D eigenvalue weighted by Gasteiger charge is 2.40. The van der Waals surface area contributed by atoms with Gasteiger partial charge >= 0.3 is 6.03 Å². The molecule has 1 unspecified atom stereocenters. The molecule has 0 radical (unpaired) electrons. The summed E-state index contributed by atoms with van der Waals surface area (Å²) >= 11 is 12.3. The first-order valence-electron chi connectivity index (χ1n) is 13.7. The maximum absolute atomic E-state index is 14.1. The summed E-state index contributed by atoms with van der Waals surface area (Å²) in [5.41, 5.74) is 8.70. The van der Waals surface area contributed by atoms with Crippen LogP contribution in [0, 0.1) is 0 Å². The topological polar surface area (TPSA) is 132 Å². The zero-order valence-corrected chi connectivity index (χ0v) is 24.9. The smallest absolute Gasteiger partial charge is 0.327 e. The largest absolute Gasteiger partial charge is 0.351 e. The van der Waals surface area contributed by atoms with Crippen LogP contribution in [0.1, 0.15) is 30.4 Å². The lowest BCUT2D eigenvalue weighted by Gasteiger charge is -2.34. The number of piperidine rings is 1. The normalized spacial score (nSPS) is 19.5. The summed E-state index contributed by atoms with van der Waals surface area (Å²) in [6.07, 6.45) is 4.92. The molecule has 2 amide bonds. The van der Waals surface area contributed by atoms with E-state index in [1.54, 1.807) is 30.5 Å². The Morgan fingerprint density at radius 2 is 1.76 bits per heavy atom. The van der Waals surface area contributed by atoms with Gasteiger partial charge in [-0.1, -0.05) is 41.4 Å². The number of carbonyl (C=O) groups is 1. The summed E-state index contributed by atoms with van der Waals surface area (Å²) in [5.74, 6) is 0. The van der Waals surface area contributed by atoms with E-state index in [9.17, 15) is 13.2 Å². The number of amides is 2. The predicted octanol–water partition coefficient (Wildman–Crippen LogP) is 3.20. The van der Waals surface area contributed by atoms with Gasteiger partial charge in [-0.15, -0.1) is 0 Å². The van der Waals surface area contributed by atoms with E-state index < -0.39 is 16.2 Å². The number of sulfonamides is 1. The molecule has 1 atom stereocenters. The van der Waals surface area contributed by atoms with Crippen LogP contribution in [-0.4, -0.2) is 57.1 Å². The Hall–Kier alpha value is -2.64. The van der Waals surface area contributed by atoms with E-state index in [-0.39, 0.29) is 23.6 Å². The first kappa shape index (κ1) is 29.8. The van der Waals surface area contributed by atoms with Crippen molar-refractivity contribution in [3.05, 3.63) is 86.5 Å². The van der Waals surface area contributed by atoms with Crippen molar-refractivity contribution in [2.24, 2.45) is 5.73 Å². The van der Waals surface area contributed by atoms with Gasteiger partial charge in [0.05, 0.1) is 15.7 Å². The van der Waals surface area contributed by atoms with E-state index in [1.807, 2.05) is 24.3 Å². The van der Waals surface area contributed by atoms with Crippen LogP contribution in [0.3, 0.4) is 0 Å². The Labute approximate surface area is 251 Å². The maximum atomic E-state index is 14.1. The van der Waals surface area contributed by atoms with E-state index in [2.05, 4.69) is 21.3 Å². The fourth-order valence-corrected chi connectivity index (χ4v) is 7.21. The third-order valence-corrected chi connectivity index (χ3v) is 9.98. The van der Waals surface area contributed by atoms with Gasteiger partial charge < -0.3 is 27.0 Å². The number of nitrogens with zero attached hydrogens (tertiary/aromatic N) is 2. The Kier molecular flexibility index (Phi) is 9.55. The van der Waals surface area contributed by atoms with Gasteiger partial charge in [0.25, 0.3) is 10.0 Å². The monoisotopic (exact) mass is 619 g/mol. The zero-order chi connectivity index (χ0) is 29.0. The van der Waals surface area contributed by atoms with Crippen LogP contribution in [0.15, 0.2) is 65.3 Å². The van der Waals surface area contributed by atoms with Crippen molar-refractivity contribution in [3.8, 4) is 0 Å².